The van der Waals surface area contributed by atoms with Crippen LogP contribution in [0.4, 0.5) is 5.13 Å². The van der Waals surface area contributed by atoms with Gasteiger partial charge < -0.3 is 15.0 Å². The van der Waals surface area contributed by atoms with Crippen LogP contribution in [-0.2, 0) is 17.7 Å². The number of morpholine rings is 1. The van der Waals surface area contributed by atoms with E-state index in [0.717, 1.165) is 32.6 Å². The molecule has 3 rings (SSSR count). The highest BCUT2D eigenvalue weighted by Crippen LogP contribution is 2.33. The van der Waals surface area contributed by atoms with Gasteiger partial charge in [-0.1, -0.05) is 13.8 Å². The molecule has 0 spiro atoms. The minimum atomic E-state index is 0.435. The van der Waals surface area contributed by atoms with Crippen molar-refractivity contribution >= 4 is 16.5 Å². The van der Waals surface area contributed by atoms with E-state index in [2.05, 4.69) is 24.1 Å². The number of aromatic nitrogens is 1. The Hall–Kier alpha value is -0.650. The lowest BCUT2D eigenvalue weighted by atomic mass is 10.2. The molecule has 1 aromatic rings. The molecule has 0 aromatic carbocycles. The molecule has 0 radical (unpaired) electrons. The van der Waals surface area contributed by atoms with Gasteiger partial charge in [0.05, 0.1) is 17.9 Å². The summed E-state index contributed by atoms with van der Waals surface area (Å²) >= 11 is 1.86. The highest BCUT2D eigenvalue weighted by atomic mass is 32.1. The Balaban J connectivity index is 1.75. The second-order valence-corrected chi connectivity index (χ2v) is 6.42. The minimum Gasteiger partial charge on any atom is -0.371 e. The van der Waals surface area contributed by atoms with E-state index in [1.807, 2.05) is 11.3 Å². The number of hydrogen-bond donors (Lipinski definition) is 1. The van der Waals surface area contributed by atoms with Crippen molar-refractivity contribution in [3.63, 3.8) is 0 Å². The molecular weight excluding hydrogens is 258 g/mol. The summed E-state index contributed by atoms with van der Waals surface area (Å²) in [5.74, 6) is 0. The van der Waals surface area contributed by atoms with Gasteiger partial charge >= 0.3 is 0 Å². The quantitative estimate of drug-likeness (QED) is 0.897. The number of hydrogen-bond acceptors (Lipinski definition) is 5. The van der Waals surface area contributed by atoms with E-state index >= 15 is 0 Å². The molecule has 106 valence electrons. The maximum Gasteiger partial charge on any atom is 0.186 e. The Morgan fingerprint density at radius 2 is 2.05 bits per heavy atom. The second kappa shape index (κ2) is 5.77. The summed E-state index contributed by atoms with van der Waals surface area (Å²) in [6.45, 7) is 8.35. The average Bonchev–Trinajstić information content (AvgIpc) is 2.99. The molecular formula is C14H23N3OS. The van der Waals surface area contributed by atoms with Crippen LogP contribution in [0, 0.1) is 0 Å². The molecule has 2 bridgehead atoms. The van der Waals surface area contributed by atoms with E-state index in [4.69, 9.17) is 9.72 Å². The van der Waals surface area contributed by atoms with Crippen LogP contribution in [0.5, 0.6) is 0 Å². The van der Waals surface area contributed by atoms with E-state index in [1.54, 1.807) is 0 Å². The number of aryl methyl sites for hydroxylation is 1. The highest BCUT2D eigenvalue weighted by Gasteiger charge is 2.34. The van der Waals surface area contributed by atoms with Gasteiger partial charge in [-0.3, -0.25) is 0 Å². The molecule has 2 aliphatic rings. The Kier molecular flexibility index (Phi) is 4.05. The summed E-state index contributed by atoms with van der Waals surface area (Å²) in [5.41, 5.74) is 1.26. The fraction of sp³-hybridized carbons (Fsp3) is 0.786. The van der Waals surface area contributed by atoms with Gasteiger partial charge in [0.25, 0.3) is 0 Å². The van der Waals surface area contributed by atoms with Crippen molar-refractivity contribution in [2.24, 2.45) is 0 Å². The third kappa shape index (κ3) is 2.78. The van der Waals surface area contributed by atoms with Crippen LogP contribution in [0.1, 0.15) is 37.3 Å². The fourth-order valence-corrected chi connectivity index (χ4v) is 4.07. The molecule has 1 N–H and O–H groups in total. The summed E-state index contributed by atoms with van der Waals surface area (Å²) in [5, 5.41) is 4.61. The number of fused-ring (bicyclic) bond motifs is 2. The molecule has 5 heteroatoms. The molecule has 1 aromatic heterocycles. The molecule has 3 heterocycles. The van der Waals surface area contributed by atoms with Gasteiger partial charge in [0, 0.05) is 24.5 Å². The van der Waals surface area contributed by atoms with Crippen molar-refractivity contribution < 1.29 is 4.74 Å². The summed E-state index contributed by atoms with van der Waals surface area (Å²) in [6.07, 6.45) is 4.33. The van der Waals surface area contributed by atoms with Crippen LogP contribution in [0.2, 0.25) is 0 Å². The normalized spacial score (nSPS) is 26.1. The number of ether oxygens (including phenoxy) is 1. The summed E-state index contributed by atoms with van der Waals surface area (Å²) < 4.78 is 5.90. The van der Waals surface area contributed by atoms with Gasteiger partial charge in [0.15, 0.2) is 5.13 Å². The van der Waals surface area contributed by atoms with Crippen molar-refractivity contribution in [2.45, 2.75) is 51.9 Å². The smallest absolute Gasteiger partial charge is 0.186 e. The standard InChI is InChI=1S/C14H23N3OS/c1-3-12-13(7-15-4-2)19-14(16-12)17-8-10-5-6-11(9-17)18-10/h10-11,15H,3-9H2,1-2H3. The Bertz CT molecular complexity index is 422. The van der Waals surface area contributed by atoms with Gasteiger partial charge in [-0.15, -0.1) is 11.3 Å². The SMILES string of the molecule is CCNCc1sc(N2CC3CCC(C2)O3)nc1CC. The maximum absolute atomic E-state index is 5.90. The van der Waals surface area contributed by atoms with Crippen molar-refractivity contribution in [3.8, 4) is 0 Å². The first-order valence-electron chi connectivity index (χ1n) is 7.39. The first kappa shape index (κ1) is 13.3. The topological polar surface area (TPSA) is 37.4 Å². The van der Waals surface area contributed by atoms with Gasteiger partial charge in [0.1, 0.15) is 0 Å². The second-order valence-electron chi connectivity index (χ2n) is 5.36. The zero-order chi connectivity index (χ0) is 13.2. The molecule has 2 fully saturated rings. The molecule has 0 aliphatic carbocycles. The maximum atomic E-state index is 5.90. The van der Waals surface area contributed by atoms with E-state index in [1.165, 1.54) is 28.5 Å². The van der Waals surface area contributed by atoms with E-state index < -0.39 is 0 Å². The van der Waals surface area contributed by atoms with Crippen molar-refractivity contribution in [1.82, 2.24) is 10.3 Å². The minimum absolute atomic E-state index is 0.435. The third-order valence-electron chi connectivity index (χ3n) is 3.95. The van der Waals surface area contributed by atoms with Gasteiger partial charge in [-0.05, 0) is 25.8 Å². The number of thiazole rings is 1. The number of nitrogens with one attached hydrogen (secondary N) is 1. The number of rotatable bonds is 5. The summed E-state index contributed by atoms with van der Waals surface area (Å²) in [4.78, 5) is 8.69. The number of anilines is 1. The largest absolute Gasteiger partial charge is 0.371 e. The molecule has 19 heavy (non-hydrogen) atoms. The van der Waals surface area contributed by atoms with Gasteiger partial charge in [-0.25, -0.2) is 4.98 Å². The lowest BCUT2D eigenvalue weighted by Crippen LogP contribution is -2.42. The zero-order valence-corrected chi connectivity index (χ0v) is 12.6. The van der Waals surface area contributed by atoms with Gasteiger partial charge in [0.2, 0.25) is 0 Å². The average molecular weight is 281 g/mol. The monoisotopic (exact) mass is 281 g/mol. The number of nitrogens with zero attached hydrogens (tertiary/aromatic N) is 2. The Morgan fingerprint density at radius 1 is 1.32 bits per heavy atom. The van der Waals surface area contributed by atoms with Crippen LogP contribution in [0.15, 0.2) is 0 Å². The molecule has 2 unspecified atom stereocenters. The summed E-state index contributed by atoms with van der Waals surface area (Å²) in [6, 6.07) is 0. The van der Waals surface area contributed by atoms with E-state index in [-0.39, 0.29) is 0 Å². The van der Waals surface area contributed by atoms with Gasteiger partial charge in [-0.2, -0.15) is 0 Å². The van der Waals surface area contributed by atoms with Crippen LogP contribution in [0.3, 0.4) is 0 Å². The molecule has 0 saturated carbocycles. The Morgan fingerprint density at radius 3 is 2.68 bits per heavy atom. The lowest BCUT2D eigenvalue weighted by Gasteiger charge is -2.31. The predicted molar refractivity (Wildman–Crippen MR) is 79.0 cm³/mol. The predicted octanol–water partition coefficient (Wildman–Crippen LogP) is 2.18. The van der Waals surface area contributed by atoms with Crippen molar-refractivity contribution in [2.75, 3.05) is 24.5 Å². The van der Waals surface area contributed by atoms with Crippen molar-refractivity contribution in [1.29, 1.82) is 0 Å². The van der Waals surface area contributed by atoms with Crippen molar-refractivity contribution in [3.05, 3.63) is 10.6 Å². The summed E-state index contributed by atoms with van der Waals surface area (Å²) in [7, 11) is 0. The molecule has 2 atom stereocenters. The molecule has 0 amide bonds. The fourth-order valence-electron chi connectivity index (χ4n) is 2.93. The molecule has 2 saturated heterocycles. The van der Waals surface area contributed by atoms with Crippen LogP contribution >= 0.6 is 11.3 Å². The molecule has 4 nitrogen and oxygen atoms in total. The van der Waals surface area contributed by atoms with E-state index in [0.29, 0.717) is 12.2 Å². The first-order valence-corrected chi connectivity index (χ1v) is 8.21. The first-order chi connectivity index (χ1) is 9.30. The van der Waals surface area contributed by atoms with Crippen LogP contribution in [-0.4, -0.2) is 36.8 Å². The highest BCUT2D eigenvalue weighted by molar-refractivity contribution is 7.15. The Labute approximate surface area is 119 Å². The third-order valence-corrected chi connectivity index (χ3v) is 5.11. The van der Waals surface area contributed by atoms with Crippen LogP contribution < -0.4 is 10.2 Å². The molecule has 2 aliphatic heterocycles. The zero-order valence-electron chi connectivity index (χ0n) is 11.8. The van der Waals surface area contributed by atoms with Crippen LogP contribution in [0.25, 0.3) is 0 Å². The lowest BCUT2D eigenvalue weighted by molar-refractivity contribution is 0.0305. The van der Waals surface area contributed by atoms with E-state index in [9.17, 15) is 0 Å².